The normalized spacial score (nSPS) is 33.0. The fourth-order valence-corrected chi connectivity index (χ4v) is 6.31. The number of rotatable bonds is 5. The molecular formula is C25H29F3O3. The number of carbonyl (C=O) groups is 1. The zero-order chi connectivity index (χ0) is 22.3. The van der Waals surface area contributed by atoms with Gasteiger partial charge in [0.2, 0.25) is 0 Å². The molecule has 168 valence electrons. The van der Waals surface area contributed by atoms with Crippen LogP contribution in [0, 0.1) is 17.3 Å². The molecule has 31 heavy (non-hydrogen) atoms. The van der Waals surface area contributed by atoms with E-state index in [1.165, 1.54) is 5.56 Å². The highest BCUT2D eigenvalue weighted by Crippen LogP contribution is 2.61. The second-order valence-corrected chi connectivity index (χ2v) is 9.65. The van der Waals surface area contributed by atoms with Crippen molar-refractivity contribution in [3.63, 3.8) is 0 Å². The molecule has 0 heterocycles. The Morgan fingerprint density at radius 2 is 1.90 bits per heavy atom. The first-order valence-corrected chi connectivity index (χ1v) is 11.1. The van der Waals surface area contributed by atoms with Crippen molar-refractivity contribution in [3.8, 4) is 0 Å². The van der Waals surface area contributed by atoms with Crippen LogP contribution in [0.25, 0.3) is 0 Å². The number of fused-ring (bicyclic) bond motifs is 3. The van der Waals surface area contributed by atoms with Gasteiger partial charge in [0.25, 0.3) is 0 Å². The molecule has 2 N–H and O–H groups in total. The summed E-state index contributed by atoms with van der Waals surface area (Å²) in [7, 11) is 0. The lowest BCUT2D eigenvalue weighted by Crippen LogP contribution is -2.53. The van der Waals surface area contributed by atoms with E-state index in [1.807, 2.05) is 24.3 Å². The van der Waals surface area contributed by atoms with Crippen LogP contribution in [0.4, 0.5) is 13.2 Å². The van der Waals surface area contributed by atoms with Gasteiger partial charge in [0, 0.05) is 6.42 Å². The molecule has 0 amide bonds. The molecule has 6 heteroatoms. The highest BCUT2D eigenvalue weighted by molar-refractivity contribution is 5.90. The maximum atomic E-state index is 12.8. The van der Waals surface area contributed by atoms with E-state index in [4.69, 9.17) is 0 Å². The summed E-state index contributed by atoms with van der Waals surface area (Å²) in [6.45, 7) is 0. The van der Waals surface area contributed by atoms with Crippen LogP contribution in [0.3, 0.4) is 0 Å². The van der Waals surface area contributed by atoms with Gasteiger partial charge < -0.3 is 10.2 Å². The molecule has 2 fully saturated rings. The molecule has 3 nitrogen and oxygen atoms in total. The first-order chi connectivity index (χ1) is 14.6. The van der Waals surface area contributed by atoms with E-state index in [-0.39, 0.29) is 23.7 Å². The van der Waals surface area contributed by atoms with Crippen LogP contribution in [0.2, 0.25) is 0 Å². The minimum Gasteiger partial charge on any atom is -0.478 e. The summed E-state index contributed by atoms with van der Waals surface area (Å²) in [6, 6.07) is 10.1. The van der Waals surface area contributed by atoms with E-state index < -0.39 is 24.2 Å². The van der Waals surface area contributed by atoms with Gasteiger partial charge in [0.05, 0.1) is 11.2 Å². The Hall–Kier alpha value is -2.08. The van der Waals surface area contributed by atoms with Crippen molar-refractivity contribution in [1.29, 1.82) is 0 Å². The average Bonchev–Trinajstić information content (AvgIpc) is 2.73. The lowest BCUT2D eigenvalue weighted by Gasteiger charge is -2.58. The van der Waals surface area contributed by atoms with Crippen molar-refractivity contribution in [2.75, 3.05) is 0 Å². The van der Waals surface area contributed by atoms with Crippen LogP contribution in [0.1, 0.15) is 56.9 Å². The summed E-state index contributed by atoms with van der Waals surface area (Å²) in [4.78, 5) is 11.5. The molecule has 0 spiro atoms. The number of hydrogen-bond donors (Lipinski definition) is 2. The SMILES string of the molecule is O=C(O)C1=CCC2C(=C1)CC[C@@H]1C[C@@](O)(CCC(F)(F)F)CC[C@@]21Cc1ccccc1. The third-order valence-corrected chi connectivity index (χ3v) is 7.83. The Kier molecular flexibility index (Phi) is 5.80. The number of alkyl halides is 3. The van der Waals surface area contributed by atoms with Crippen molar-refractivity contribution < 1.29 is 28.2 Å². The van der Waals surface area contributed by atoms with Gasteiger partial charge in [-0.3, -0.25) is 0 Å². The highest BCUT2D eigenvalue weighted by atomic mass is 19.4. The third-order valence-electron chi connectivity index (χ3n) is 7.83. The Bertz CT molecular complexity index is 889. The Morgan fingerprint density at radius 1 is 1.16 bits per heavy atom. The van der Waals surface area contributed by atoms with Crippen molar-refractivity contribution >= 4 is 5.97 Å². The number of aliphatic hydroxyl groups is 1. The molecule has 0 aliphatic heterocycles. The summed E-state index contributed by atoms with van der Waals surface area (Å²) in [5.74, 6) is -0.640. The number of halogens is 3. The van der Waals surface area contributed by atoms with Crippen molar-refractivity contribution in [3.05, 3.63) is 59.2 Å². The van der Waals surface area contributed by atoms with E-state index in [9.17, 15) is 28.2 Å². The molecule has 4 atom stereocenters. The molecule has 1 unspecified atom stereocenters. The van der Waals surface area contributed by atoms with Crippen molar-refractivity contribution in [2.24, 2.45) is 17.3 Å². The first kappa shape index (κ1) is 22.1. The smallest absolute Gasteiger partial charge is 0.389 e. The molecule has 0 radical (unpaired) electrons. The molecule has 0 saturated heterocycles. The Morgan fingerprint density at radius 3 is 2.58 bits per heavy atom. The summed E-state index contributed by atoms with van der Waals surface area (Å²) >= 11 is 0. The third kappa shape index (κ3) is 4.59. The van der Waals surface area contributed by atoms with Crippen molar-refractivity contribution in [2.45, 2.75) is 69.6 Å². The van der Waals surface area contributed by atoms with Gasteiger partial charge in [-0.05, 0) is 80.3 Å². The lowest BCUT2D eigenvalue weighted by molar-refractivity contribution is -0.159. The summed E-state index contributed by atoms with van der Waals surface area (Å²) in [5, 5.41) is 20.5. The predicted molar refractivity (Wildman–Crippen MR) is 111 cm³/mol. The molecule has 3 aliphatic rings. The predicted octanol–water partition coefficient (Wildman–Crippen LogP) is 5.84. The van der Waals surface area contributed by atoms with Gasteiger partial charge in [-0.15, -0.1) is 0 Å². The van der Waals surface area contributed by atoms with Gasteiger partial charge in [0.1, 0.15) is 0 Å². The maximum Gasteiger partial charge on any atom is 0.389 e. The van der Waals surface area contributed by atoms with Crippen molar-refractivity contribution in [1.82, 2.24) is 0 Å². The maximum absolute atomic E-state index is 12.8. The largest absolute Gasteiger partial charge is 0.478 e. The number of carboxylic acids is 1. The molecular weight excluding hydrogens is 405 g/mol. The Labute approximate surface area is 180 Å². The first-order valence-electron chi connectivity index (χ1n) is 11.1. The number of benzene rings is 1. The summed E-state index contributed by atoms with van der Waals surface area (Å²) in [6.07, 6.45) is 2.47. The molecule has 0 bridgehead atoms. The van der Waals surface area contributed by atoms with Gasteiger partial charge in [-0.1, -0.05) is 42.0 Å². The molecule has 1 aromatic carbocycles. The van der Waals surface area contributed by atoms with Gasteiger partial charge >= 0.3 is 12.1 Å². The fraction of sp³-hybridized carbons (Fsp3) is 0.560. The number of carboxylic acid groups (broad SMARTS) is 1. The minimum atomic E-state index is -4.27. The van der Waals surface area contributed by atoms with E-state index in [0.29, 0.717) is 31.3 Å². The quantitative estimate of drug-likeness (QED) is 0.612. The van der Waals surface area contributed by atoms with Crippen LogP contribution >= 0.6 is 0 Å². The fourth-order valence-electron chi connectivity index (χ4n) is 6.31. The minimum absolute atomic E-state index is 0.113. The highest BCUT2D eigenvalue weighted by Gasteiger charge is 2.55. The van der Waals surface area contributed by atoms with Gasteiger partial charge in [0.15, 0.2) is 0 Å². The number of hydrogen-bond acceptors (Lipinski definition) is 2. The van der Waals surface area contributed by atoms with Gasteiger partial charge in [-0.25, -0.2) is 4.79 Å². The van der Waals surface area contributed by atoms with Crippen LogP contribution < -0.4 is 0 Å². The van der Waals surface area contributed by atoms with E-state index in [0.717, 1.165) is 24.8 Å². The average molecular weight is 434 g/mol. The van der Waals surface area contributed by atoms with Gasteiger partial charge in [-0.2, -0.15) is 13.2 Å². The van der Waals surface area contributed by atoms with Crippen LogP contribution in [0.5, 0.6) is 0 Å². The monoisotopic (exact) mass is 434 g/mol. The Balaban J connectivity index is 1.64. The number of allylic oxidation sites excluding steroid dienone is 2. The second kappa shape index (κ2) is 8.12. The molecule has 0 aromatic heterocycles. The molecule has 1 aromatic rings. The zero-order valence-electron chi connectivity index (χ0n) is 17.5. The second-order valence-electron chi connectivity index (χ2n) is 9.65. The van der Waals surface area contributed by atoms with E-state index in [2.05, 4.69) is 12.1 Å². The molecule has 3 aliphatic carbocycles. The number of aliphatic carboxylic acids is 1. The molecule has 4 rings (SSSR count). The summed E-state index contributed by atoms with van der Waals surface area (Å²) in [5.41, 5.74) is 1.21. The zero-order valence-corrected chi connectivity index (χ0v) is 17.5. The van der Waals surface area contributed by atoms with E-state index >= 15 is 0 Å². The van der Waals surface area contributed by atoms with E-state index in [1.54, 1.807) is 6.08 Å². The standard InChI is InChI=1S/C25H29F3O3/c26-25(27,28)13-11-23(31)10-12-24(15-17-4-2-1-3-5-17)20(16-23)8-6-18-14-19(22(29)30)7-9-21(18)24/h1-5,7,14,20-21,31H,6,8-13,15-16H2,(H,29,30)/t20-,21?,23+,24+/m1/s1. The van der Waals surface area contributed by atoms with Crippen LogP contribution in [-0.4, -0.2) is 28.0 Å². The lowest BCUT2D eigenvalue weighted by atomic mass is 9.48. The topological polar surface area (TPSA) is 57.5 Å². The molecule has 2 saturated carbocycles. The van der Waals surface area contributed by atoms with Crippen LogP contribution in [-0.2, 0) is 11.2 Å². The summed E-state index contributed by atoms with van der Waals surface area (Å²) < 4.78 is 38.5. The van der Waals surface area contributed by atoms with Crippen LogP contribution in [0.15, 0.2) is 53.6 Å².